The molecule has 2 rings (SSSR count). The maximum absolute atomic E-state index is 5.98. The van der Waals surface area contributed by atoms with Crippen LogP contribution in [0.5, 0.6) is 5.75 Å². The standard InChI is InChI=1S/C13H19ClN2O/c1-17-13-7-11(4-5-12(13)14)16-9-10-3-2-6-15-8-10/h4-5,7,10,15-16H,2-3,6,8-9H2,1H3. The monoisotopic (exact) mass is 254 g/mol. The molecule has 0 radical (unpaired) electrons. The predicted octanol–water partition coefficient (Wildman–Crippen LogP) is 2.76. The Kier molecular flexibility index (Phi) is 4.51. The van der Waals surface area contributed by atoms with Gasteiger partial charge in [-0.05, 0) is 44.0 Å². The second-order valence-electron chi connectivity index (χ2n) is 4.44. The number of benzene rings is 1. The van der Waals surface area contributed by atoms with Crippen LogP contribution in [0.25, 0.3) is 0 Å². The number of hydrogen-bond acceptors (Lipinski definition) is 3. The van der Waals surface area contributed by atoms with Crippen molar-refractivity contribution in [1.29, 1.82) is 0 Å². The van der Waals surface area contributed by atoms with Gasteiger partial charge in [-0.2, -0.15) is 0 Å². The summed E-state index contributed by atoms with van der Waals surface area (Å²) in [5.74, 6) is 1.43. The molecule has 1 aromatic rings. The van der Waals surface area contributed by atoms with Crippen molar-refractivity contribution in [2.24, 2.45) is 5.92 Å². The van der Waals surface area contributed by atoms with Gasteiger partial charge in [0.05, 0.1) is 12.1 Å². The molecular weight excluding hydrogens is 236 g/mol. The van der Waals surface area contributed by atoms with Crippen LogP contribution in [0.15, 0.2) is 18.2 Å². The average Bonchev–Trinajstić information content (AvgIpc) is 2.39. The van der Waals surface area contributed by atoms with Crippen LogP contribution in [0.1, 0.15) is 12.8 Å². The van der Waals surface area contributed by atoms with E-state index >= 15 is 0 Å². The Bertz CT molecular complexity index is 364. The van der Waals surface area contributed by atoms with E-state index in [1.54, 1.807) is 7.11 Å². The summed E-state index contributed by atoms with van der Waals surface area (Å²) in [4.78, 5) is 0. The van der Waals surface area contributed by atoms with E-state index in [1.165, 1.54) is 12.8 Å². The molecule has 1 unspecified atom stereocenters. The van der Waals surface area contributed by atoms with Crippen LogP contribution in [0.4, 0.5) is 5.69 Å². The van der Waals surface area contributed by atoms with Crippen LogP contribution in [-0.4, -0.2) is 26.7 Å². The van der Waals surface area contributed by atoms with Crippen molar-refractivity contribution in [2.45, 2.75) is 12.8 Å². The van der Waals surface area contributed by atoms with Crippen LogP contribution < -0.4 is 15.4 Å². The predicted molar refractivity (Wildman–Crippen MR) is 72.1 cm³/mol. The summed E-state index contributed by atoms with van der Waals surface area (Å²) in [6, 6.07) is 5.79. The Morgan fingerprint density at radius 3 is 3.12 bits per heavy atom. The van der Waals surface area contributed by atoms with Gasteiger partial charge in [0.15, 0.2) is 0 Å². The third-order valence-corrected chi connectivity index (χ3v) is 3.46. The molecular formula is C13H19ClN2O. The Balaban J connectivity index is 1.89. The smallest absolute Gasteiger partial charge is 0.139 e. The molecule has 0 saturated carbocycles. The number of nitrogens with one attached hydrogen (secondary N) is 2. The number of ether oxygens (including phenoxy) is 1. The number of hydrogen-bond donors (Lipinski definition) is 2. The number of anilines is 1. The molecule has 3 nitrogen and oxygen atoms in total. The van der Waals surface area contributed by atoms with E-state index in [0.717, 1.165) is 31.1 Å². The molecule has 0 aromatic heterocycles. The van der Waals surface area contributed by atoms with Gasteiger partial charge in [0.25, 0.3) is 0 Å². The molecule has 0 spiro atoms. The zero-order chi connectivity index (χ0) is 12.1. The van der Waals surface area contributed by atoms with Gasteiger partial charge in [-0.15, -0.1) is 0 Å². The quantitative estimate of drug-likeness (QED) is 0.867. The zero-order valence-corrected chi connectivity index (χ0v) is 10.9. The summed E-state index contributed by atoms with van der Waals surface area (Å²) in [5, 5.41) is 7.50. The van der Waals surface area contributed by atoms with Crippen molar-refractivity contribution in [2.75, 3.05) is 32.1 Å². The van der Waals surface area contributed by atoms with Gasteiger partial charge in [-0.3, -0.25) is 0 Å². The molecule has 1 aliphatic heterocycles. The molecule has 0 aliphatic carbocycles. The van der Waals surface area contributed by atoms with Gasteiger partial charge >= 0.3 is 0 Å². The molecule has 0 amide bonds. The number of halogens is 1. The minimum absolute atomic E-state index is 0.650. The van der Waals surface area contributed by atoms with Gasteiger partial charge in [0, 0.05) is 18.3 Å². The van der Waals surface area contributed by atoms with Crippen molar-refractivity contribution in [3.63, 3.8) is 0 Å². The molecule has 4 heteroatoms. The third kappa shape index (κ3) is 3.51. The number of piperidine rings is 1. The first kappa shape index (κ1) is 12.5. The molecule has 1 saturated heterocycles. The van der Waals surface area contributed by atoms with Crippen molar-refractivity contribution in [3.8, 4) is 5.75 Å². The lowest BCUT2D eigenvalue weighted by molar-refractivity contribution is 0.392. The summed E-state index contributed by atoms with van der Waals surface area (Å²) in [5.41, 5.74) is 1.07. The maximum Gasteiger partial charge on any atom is 0.139 e. The molecule has 1 atom stereocenters. The second kappa shape index (κ2) is 6.12. The molecule has 1 heterocycles. The van der Waals surface area contributed by atoms with Crippen molar-refractivity contribution < 1.29 is 4.74 Å². The first-order valence-electron chi connectivity index (χ1n) is 6.07. The van der Waals surface area contributed by atoms with Crippen molar-refractivity contribution in [1.82, 2.24) is 5.32 Å². The topological polar surface area (TPSA) is 33.3 Å². The number of rotatable bonds is 4. The van der Waals surface area contributed by atoms with E-state index < -0.39 is 0 Å². The van der Waals surface area contributed by atoms with Gasteiger partial charge in [-0.25, -0.2) is 0 Å². The highest BCUT2D eigenvalue weighted by Crippen LogP contribution is 2.27. The molecule has 17 heavy (non-hydrogen) atoms. The highest BCUT2D eigenvalue weighted by molar-refractivity contribution is 6.32. The molecule has 94 valence electrons. The first-order valence-corrected chi connectivity index (χ1v) is 6.45. The fraction of sp³-hybridized carbons (Fsp3) is 0.538. The second-order valence-corrected chi connectivity index (χ2v) is 4.85. The van der Waals surface area contributed by atoms with Gasteiger partial charge in [0.1, 0.15) is 5.75 Å². The van der Waals surface area contributed by atoms with E-state index in [1.807, 2.05) is 18.2 Å². The largest absolute Gasteiger partial charge is 0.495 e. The average molecular weight is 255 g/mol. The summed E-state index contributed by atoms with van der Waals surface area (Å²) < 4.78 is 5.19. The van der Waals surface area contributed by atoms with Crippen LogP contribution in [0.3, 0.4) is 0 Å². The maximum atomic E-state index is 5.98. The summed E-state index contributed by atoms with van der Waals surface area (Å²) >= 11 is 5.98. The molecule has 1 aliphatic rings. The highest BCUT2D eigenvalue weighted by Gasteiger charge is 2.12. The third-order valence-electron chi connectivity index (χ3n) is 3.14. The summed E-state index contributed by atoms with van der Waals surface area (Å²) in [6.07, 6.45) is 2.57. The fourth-order valence-electron chi connectivity index (χ4n) is 2.13. The summed E-state index contributed by atoms with van der Waals surface area (Å²) in [7, 11) is 1.63. The SMILES string of the molecule is COc1cc(NCC2CCCNC2)ccc1Cl. The zero-order valence-electron chi connectivity index (χ0n) is 10.1. The lowest BCUT2D eigenvalue weighted by atomic mass is 10.00. The minimum Gasteiger partial charge on any atom is -0.495 e. The van der Waals surface area contributed by atoms with E-state index in [-0.39, 0.29) is 0 Å². The highest BCUT2D eigenvalue weighted by atomic mass is 35.5. The molecule has 1 fully saturated rings. The molecule has 1 aromatic carbocycles. The Morgan fingerprint density at radius 2 is 2.41 bits per heavy atom. The molecule has 2 N–H and O–H groups in total. The van der Waals surface area contributed by atoms with Crippen molar-refractivity contribution in [3.05, 3.63) is 23.2 Å². The lowest BCUT2D eigenvalue weighted by Gasteiger charge is -2.23. The molecule has 0 bridgehead atoms. The number of methoxy groups -OCH3 is 1. The van der Waals surface area contributed by atoms with Gasteiger partial charge < -0.3 is 15.4 Å². The minimum atomic E-state index is 0.650. The van der Waals surface area contributed by atoms with Crippen LogP contribution in [0, 0.1) is 5.92 Å². The van der Waals surface area contributed by atoms with E-state index in [0.29, 0.717) is 10.9 Å². The Morgan fingerprint density at radius 1 is 1.53 bits per heavy atom. The normalized spacial score (nSPS) is 20.0. The van der Waals surface area contributed by atoms with Crippen LogP contribution in [0.2, 0.25) is 5.02 Å². The first-order chi connectivity index (χ1) is 8.29. The fourth-order valence-corrected chi connectivity index (χ4v) is 2.32. The van der Waals surface area contributed by atoms with E-state index in [2.05, 4.69) is 10.6 Å². The lowest BCUT2D eigenvalue weighted by Crippen LogP contribution is -2.33. The van der Waals surface area contributed by atoms with Crippen molar-refractivity contribution >= 4 is 17.3 Å². The summed E-state index contributed by atoms with van der Waals surface area (Å²) in [6.45, 7) is 3.26. The van der Waals surface area contributed by atoms with Crippen LogP contribution >= 0.6 is 11.6 Å². The van der Waals surface area contributed by atoms with E-state index in [9.17, 15) is 0 Å². The van der Waals surface area contributed by atoms with Crippen LogP contribution in [-0.2, 0) is 0 Å². The Labute approximate surface area is 107 Å². The Hall–Kier alpha value is -0.930. The van der Waals surface area contributed by atoms with Gasteiger partial charge in [-0.1, -0.05) is 11.6 Å². The van der Waals surface area contributed by atoms with Gasteiger partial charge in [0.2, 0.25) is 0 Å². The van der Waals surface area contributed by atoms with E-state index in [4.69, 9.17) is 16.3 Å².